The van der Waals surface area contributed by atoms with Crippen LogP contribution in [0.3, 0.4) is 0 Å². The number of ether oxygens (including phenoxy) is 2. The average molecular weight is 257 g/mol. The van der Waals surface area contributed by atoms with Crippen LogP contribution >= 0.6 is 0 Å². The Morgan fingerprint density at radius 1 is 1.39 bits per heavy atom. The number of carbonyl (C=O) groups excluding carboxylic acids is 1. The molecule has 1 saturated heterocycles. The van der Waals surface area contributed by atoms with Crippen molar-refractivity contribution in [2.75, 3.05) is 18.9 Å². The van der Waals surface area contributed by atoms with E-state index in [0.717, 1.165) is 12.5 Å². The molecular formula is C12H13F2NO3. The fourth-order valence-corrected chi connectivity index (χ4v) is 1.74. The topological polar surface area (TPSA) is 61.6 Å². The van der Waals surface area contributed by atoms with Crippen molar-refractivity contribution in [2.45, 2.75) is 18.9 Å². The first-order chi connectivity index (χ1) is 8.58. The monoisotopic (exact) mass is 257 g/mol. The van der Waals surface area contributed by atoms with Gasteiger partial charge in [0.05, 0.1) is 17.9 Å². The molecule has 1 aromatic rings. The van der Waals surface area contributed by atoms with Crippen molar-refractivity contribution in [1.29, 1.82) is 0 Å². The predicted octanol–water partition coefficient (Wildman–Crippen LogP) is 1.88. The number of anilines is 1. The number of carbonyl (C=O) groups is 1. The SMILES string of the molecule is Nc1cc(C(=O)OC2CCCOC2)c(F)cc1F. The van der Waals surface area contributed by atoms with Crippen LogP contribution in [0.1, 0.15) is 23.2 Å². The number of rotatable bonds is 2. The number of halogens is 2. The van der Waals surface area contributed by atoms with Gasteiger partial charge in [-0.2, -0.15) is 0 Å². The quantitative estimate of drug-likeness (QED) is 0.649. The summed E-state index contributed by atoms with van der Waals surface area (Å²) in [5, 5.41) is 0. The van der Waals surface area contributed by atoms with Gasteiger partial charge < -0.3 is 15.2 Å². The molecule has 1 aliphatic heterocycles. The fourth-order valence-electron chi connectivity index (χ4n) is 1.74. The van der Waals surface area contributed by atoms with E-state index < -0.39 is 23.7 Å². The van der Waals surface area contributed by atoms with Gasteiger partial charge in [-0.1, -0.05) is 0 Å². The second kappa shape index (κ2) is 5.30. The second-order valence-corrected chi connectivity index (χ2v) is 4.10. The van der Waals surface area contributed by atoms with Gasteiger partial charge in [0.2, 0.25) is 0 Å². The molecule has 1 aromatic carbocycles. The molecule has 18 heavy (non-hydrogen) atoms. The zero-order valence-corrected chi connectivity index (χ0v) is 9.62. The van der Waals surface area contributed by atoms with Gasteiger partial charge in [-0.15, -0.1) is 0 Å². The lowest BCUT2D eigenvalue weighted by Gasteiger charge is -2.22. The van der Waals surface area contributed by atoms with Crippen molar-refractivity contribution >= 4 is 11.7 Å². The minimum atomic E-state index is -0.983. The van der Waals surface area contributed by atoms with Crippen LogP contribution in [-0.4, -0.2) is 25.3 Å². The Bertz CT molecular complexity index is 459. The first kappa shape index (κ1) is 12.8. The molecule has 0 radical (unpaired) electrons. The number of hydrogen-bond acceptors (Lipinski definition) is 4. The number of nitrogens with two attached hydrogens (primary N) is 1. The minimum Gasteiger partial charge on any atom is -0.456 e. The van der Waals surface area contributed by atoms with Gasteiger partial charge in [0.1, 0.15) is 17.7 Å². The Morgan fingerprint density at radius 3 is 2.83 bits per heavy atom. The molecule has 1 fully saturated rings. The summed E-state index contributed by atoms with van der Waals surface area (Å²) >= 11 is 0. The lowest BCUT2D eigenvalue weighted by atomic mass is 10.1. The van der Waals surface area contributed by atoms with Gasteiger partial charge in [0.25, 0.3) is 0 Å². The van der Waals surface area contributed by atoms with Crippen LogP contribution in [0.2, 0.25) is 0 Å². The third kappa shape index (κ3) is 2.76. The Hall–Kier alpha value is -1.69. The third-order valence-electron chi connectivity index (χ3n) is 2.70. The molecule has 1 atom stereocenters. The van der Waals surface area contributed by atoms with E-state index in [-0.39, 0.29) is 11.3 Å². The molecule has 0 aromatic heterocycles. The van der Waals surface area contributed by atoms with Crippen molar-refractivity contribution in [2.24, 2.45) is 0 Å². The molecule has 98 valence electrons. The molecule has 1 aliphatic rings. The molecule has 0 aliphatic carbocycles. The first-order valence-corrected chi connectivity index (χ1v) is 5.61. The van der Waals surface area contributed by atoms with E-state index in [2.05, 4.69) is 0 Å². The molecule has 0 spiro atoms. The maximum atomic E-state index is 13.4. The van der Waals surface area contributed by atoms with E-state index in [1.165, 1.54) is 0 Å². The zero-order valence-electron chi connectivity index (χ0n) is 9.62. The predicted molar refractivity (Wildman–Crippen MR) is 60.0 cm³/mol. The lowest BCUT2D eigenvalue weighted by Crippen LogP contribution is -2.28. The van der Waals surface area contributed by atoms with Crippen molar-refractivity contribution in [1.82, 2.24) is 0 Å². The Kier molecular flexibility index (Phi) is 3.76. The highest BCUT2D eigenvalue weighted by Crippen LogP contribution is 2.19. The summed E-state index contributed by atoms with van der Waals surface area (Å²) in [4.78, 5) is 11.7. The summed E-state index contributed by atoms with van der Waals surface area (Å²) in [6, 6.07) is 1.51. The normalized spacial score (nSPS) is 19.6. The summed E-state index contributed by atoms with van der Waals surface area (Å²) in [6.07, 6.45) is 1.06. The molecular weight excluding hydrogens is 244 g/mol. The number of hydrogen-bond donors (Lipinski definition) is 1. The maximum Gasteiger partial charge on any atom is 0.341 e. The molecule has 6 heteroatoms. The lowest BCUT2D eigenvalue weighted by molar-refractivity contribution is -0.0308. The first-order valence-electron chi connectivity index (χ1n) is 5.61. The molecule has 1 heterocycles. The van der Waals surface area contributed by atoms with E-state index in [1.807, 2.05) is 0 Å². The van der Waals surface area contributed by atoms with E-state index in [1.54, 1.807) is 0 Å². The van der Waals surface area contributed by atoms with E-state index in [0.29, 0.717) is 25.7 Å². The molecule has 0 bridgehead atoms. The zero-order chi connectivity index (χ0) is 13.1. The summed E-state index contributed by atoms with van der Waals surface area (Å²) in [5.74, 6) is -2.73. The van der Waals surface area contributed by atoms with Crippen LogP contribution in [0.4, 0.5) is 14.5 Å². The second-order valence-electron chi connectivity index (χ2n) is 4.10. The highest BCUT2D eigenvalue weighted by Gasteiger charge is 2.22. The van der Waals surface area contributed by atoms with Crippen molar-refractivity contribution in [3.05, 3.63) is 29.3 Å². The molecule has 2 N–H and O–H groups in total. The van der Waals surface area contributed by atoms with Gasteiger partial charge in [-0.3, -0.25) is 0 Å². The van der Waals surface area contributed by atoms with E-state index in [9.17, 15) is 13.6 Å². The Balaban J connectivity index is 2.10. The molecule has 4 nitrogen and oxygen atoms in total. The number of esters is 1. The molecule has 0 amide bonds. The highest BCUT2D eigenvalue weighted by atomic mass is 19.1. The third-order valence-corrected chi connectivity index (χ3v) is 2.70. The summed E-state index contributed by atoms with van der Waals surface area (Å²) < 4.78 is 36.6. The molecule has 0 saturated carbocycles. The van der Waals surface area contributed by atoms with E-state index in [4.69, 9.17) is 15.2 Å². The fraction of sp³-hybridized carbons (Fsp3) is 0.417. The average Bonchev–Trinajstić information content (AvgIpc) is 2.35. The number of nitrogen functional groups attached to an aromatic ring is 1. The van der Waals surface area contributed by atoms with Crippen LogP contribution in [0.15, 0.2) is 12.1 Å². The smallest absolute Gasteiger partial charge is 0.341 e. The standard InChI is InChI=1S/C12H13F2NO3/c13-9-5-10(14)11(15)4-8(9)12(16)18-7-2-1-3-17-6-7/h4-5,7H,1-3,6,15H2. The number of benzene rings is 1. The van der Waals surface area contributed by atoms with Gasteiger partial charge in [0.15, 0.2) is 0 Å². The van der Waals surface area contributed by atoms with Crippen molar-refractivity contribution in [3.63, 3.8) is 0 Å². The molecule has 2 rings (SSSR count). The Labute approximate surface area is 103 Å². The van der Waals surface area contributed by atoms with Crippen LogP contribution < -0.4 is 5.73 Å². The summed E-state index contributed by atoms with van der Waals surface area (Å²) in [6.45, 7) is 0.927. The van der Waals surface area contributed by atoms with Crippen molar-refractivity contribution < 1.29 is 23.0 Å². The van der Waals surface area contributed by atoms with Crippen molar-refractivity contribution in [3.8, 4) is 0 Å². The van der Waals surface area contributed by atoms with Crippen LogP contribution in [0.5, 0.6) is 0 Å². The van der Waals surface area contributed by atoms with Gasteiger partial charge in [0, 0.05) is 12.7 Å². The summed E-state index contributed by atoms with van der Waals surface area (Å²) in [7, 11) is 0. The minimum absolute atomic E-state index is 0.289. The van der Waals surface area contributed by atoms with Crippen LogP contribution in [-0.2, 0) is 9.47 Å². The molecule has 1 unspecified atom stereocenters. The van der Waals surface area contributed by atoms with E-state index >= 15 is 0 Å². The van der Waals surface area contributed by atoms with Gasteiger partial charge in [-0.25, -0.2) is 13.6 Å². The van der Waals surface area contributed by atoms with Crippen LogP contribution in [0, 0.1) is 11.6 Å². The maximum absolute atomic E-state index is 13.4. The van der Waals surface area contributed by atoms with Crippen LogP contribution in [0.25, 0.3) is 0 Å². The van der Waals surface area contributed by atoms with Gasteiger partial charge in [-0.05, 0) is 18.9 Å². The van der Waals surface area contributed by atoms with Gasteiger partial charge >= 0.3 is 5.97 Å². The Morgan fingerprint density at radius 2 is 2.17 bits per heavy atom. The highest BCUT2D eigenvalue weighted by molar-refractivity contribution is 5.90. The summed E-state index contributed by atoms with van der Waals surface area (Å²) in [5.41, 5.74) is 4.64. The largest absolute Gasteiger partial charge is 0.456 e.